The number of hydrogen-bond donors (Lipinski definition) is 1. The molecule has 4 fully saturated rings. The number of Topliss-reactive ketones (excluding diaryl/α,β-unsaturated/α-hetero) is 1. The van der Waals surface area contributed by atoms with Gasteiger partial charge in [0.2, 0.25) is 11.8 Å². The van der Waals surface area contributed by atoms with E-state index >= 15 is 0 Å². The minimum atomic E-state index is -0.628. The van der Waals surface area contributed by atoms with Crippen molar-refractivity contribution in [3.05, 3.63) is 11.6 Å². The fourth-order valence-electron chi connectivity index (χ4n) is 6.97. The Morgan fingerprint density at radius 3 is 2.44 bits per heavy atom. The van der Waals surface area contributed by atoms with Crippen molar-refractivity contribution in [1.82, 2.24) is 10.2 Å². The van der Waals surface area contributed by atoms with Gasteiger partial charge in [0.15, 0.2) is 0 Å². The van der Waals surface area contributed by atoms with Gasteiger partial charge in [-0.05, 0) is 59.3 Å². The van der Waals surface area contributed by atoms with Crippen LogP contribution in [-0.2, 0) is 38.1 Å². The van der Waals surface area contributed by atoms with Crippen molar-refractivity contribution in [2.24, 2.45) is 11.3 Å². The maximum Gasteiger partial charge on any atom is 0.328 e. The third-order valence-corrected chi connectivity index (χ3v) is 9.68. The highest BCUT2D eigenvalue weighted by Gasteiger charge is 2.71. The minimum Gasteiger partial charge on any atom is -0.464 e. The molecule has 7 atom stereocenters. The quantitative estimate of drug-likeness (QED) is 0.145. The highest BCUT2D eigenvalue weighted by atomic mass is 16.6. The van der Waals surface area contributed by atoms with E-state index < -0.39 is 17.4 Å². The second kappa shape index (κ2) is 13.4. The van der Waals surface area contributed by atoms with E-state index in [1.807, 2.05) is 20.8 Å². The zero-order valence-electron chi connectivity index (χ0n) is 27.2. The van der Waals surface area contributed by atoms with E-state index in [4.69, 9.17) is 18.9 Å². The number of carbonyl (C=O) groups is 4. The number of esters is 1. The second-order valence-electron chi connectivity index (χ2n) is 14.2. The topological polar surface area (TPSA) is 127 Å². The van der Waals surface area contributed by atoms with Gasteiger partial charge in [-0.15, -0.1) is 0 Å². The van der Waals surface area contributed by atoms with Crippen LogP contribution >= 0.6 is 0 Å². The Morgan fingerprint density at radius 2 is 1.81 bits per heavy atom. The first kappa shape index (κ1) is 33.6. The molecule has 0 bridgehead atoms. The first-order valence-corrected chi connectivity index (χ1v) is 16.0. The van der Waals surface area contributed by atoms with E-state index in [2.05, 4.69) is 32.2 Å². The molecule has 0 aromatic carbocycles. The lowest BCUT2D eigenvalue weighted by Gasteiger charge is -2.43. The van der Waals surface area contributed by atoms with Gasteiger partial charge in [0.1, 0.15) is 17.4 Å². The number of nitrogens with one attached hydrogen (secondary N) is 1. The van der Waals surface area contributed by atoms with Crippen LogP contribution in [0.1, 0.15) is 99.3 Å². The molecule has 4 rings (SSSR count). The van der Waals surface area contributed by atoms with E-state index in [1.165, 1.54) is 5.57 Å². The molecule has 43 heavy (non-hydrogen) atoms. The van der Waals surface area contributed by atoms with E-state index in [0.717, 1.165) is 25.7 Å². The second-order valence-corrected chi connectivity index (χ2v) is 14.2. The van der Waals surface area contributed by atoms with E-state index in [-0.39, 0.29) is 78.8 Å². The summed E-state index contributed by atoms with van der Waals surface area (Å²) in [4.78, 5) is 52.2. The van der Waals surface area contributed by atoms with Crippen molar-refractivity contribution >= 4 is 23.6 Å². The molecule has 1 unspecified atom stereocenters. The lowest BCUT2D eigenvalue weighted by atomic mass is 9.67. The normalized spacial score (nSPS) is 33.2. The molecule has 242 valence electrons. The third kappa shape index (κ3) is 7.87. The molecule has 3 aliphatic heterocycles. The van der Waals surface area contributed by atoms with Crippen molar-refractivity contribution in [2.75, 3.05) is 26.9 Å². The molecule has 3 saturated heterocycles. The smallest absolute Gasteiger partial charge is 0.328 e. The fraction of sp³-hybridized carbons (Fsp3) is 0.818. The average molecular weight is 605 g/mol. The largest absolute Gasteiger partial charge is 0.464 e. The predicted molar refractivity (Wildman–Crippen MR) is 160 cm³/mol. The number of likely N-dealkylation sites (tertiary alicyclic amines) is 1. The fourth-order valence-corrected chi connectivity index (χ4v) is 6.97. The van der Waals surface area contributed by atoms with Crippen LogP contribution in [0.5, 0.6) is 0 Å². The Morgan fingerprint density at radius 1 is 1.09 bits per heavy atom. The lowest BCUT2D eigenvalue weighted by Crippen LogP contribution is -2.59. The number of ketones is 1. The molecule has 1 spiro atoms. The molecule has 0 aromatic rings. The summed E-state index contributed by atoms with van der Waals surface area (Å²) in [5.41, 5.74) is 0.155. The number of methoxy groups -OCH3 is 1. The zero-order chi connectivity index (χ0) is 31.6. The summed E-state index contributed by atoms with van der Waals surface area (Å²) < 4.78 is 23.8. The summed E-state index contributed by atoms with van der Waals surface area (Å²) in [5.74, 6) is -0.708. The van der Waals surface area contributed by atoms with Crippen LogP contribution < -0.4 is 5.32 Å². The minimum absolute atomic E-state index is 0.0178. The molecule has 2 amide bonds. The van der Waals surface area contributed by atoms with Gasteiger partial charge in [-0.3, -0.25) is 14.4 Å². The Balaban J connectivity index is 1.22. The number of epoxide rings is 2. The van der Waals surface area contributed by atoms with Crippen molar-refractivity contribution in [1.29, 1.82) is 0 Å². The average Bonchev–Trinajstić information content (AvgIpc) is 3.79. The van der Waals surface area contributed by atoms with Crippen LogP contribution in [0.15, 0.2) is 11.6 Å². The lowest BCUT2D eigenvalue weighted by molar-refractivity contribution is -0.153. The zero-order valence-corrected chi connectivity index (χ0v) is 27.2. The first-order chi connectivity index (χ1) is 20.2. The molecule has 0 radical (unpaired) electrons. The Bertz CT molecular complexity index is 1090. The Hall–Kier alpha value is -2.30. The van der Waals surface area contributed by atoms with Crippen LogP contribution in [0, 0.1) is 11.3 Å². The summed E-state index contributed by atoms with van der Waals surface area (Å²) in [5, 5.41) is 3.17. The van der Waals surface area contributed by atoms with Gasteiger partial charge in [-0.25, -0.2) is 4.79 Å². The van der Waals surface area contributed by atoms with Crippen molar-refractivity contribution in [3.8, 4) is 0 Å². The maximum atomic E-state index is 12.9. The molecule has 1 saturated carbocycles. The van der Waals surface area contributed by atoms with Gasteiger partial charge in [-0.1, -0.05) is 32.4 Å². The number of allylic oxidation sites excluding steroid dienone is 1. The monoisotopic (exact) mass is 604 g/mol. The van der Waals surface area contributed by atoms with E-state index in [9.17, 15) is 19.2 Å². The summed E-state index contributed by atoms with van der Waals surface area (Å²) in [7, 11) is 1.69. The molecule has 1 N–H and O–H groups in total. The first-order valence-electron chi connectivity index (χ1n) is 16.0. The highest BCUT2D eigenvalue weighted by Crippen LogP contribution is 2.59. The number of carbonyl (C=O) groups excluding carboxylic acids is 4. The van der Waals surface area contributed by atoms with Gasteiger partial charge >= 0.3 is 5.97 Å². The third-order valence-electron chi connectivity index (χ3n) is 9.68. The summed E-state index contributed by atoms with van der Waals surface area (Å²) >= 11 is 0. The number of rotatable bonds is 13. The SMILES string of the molecule is CO[C@@H]1[C@H](NC(=O)CCCOC(=O)C2CCCN2C(=O)CCC(=O)C(C)(C)C)CC[C@]2(CO2)[C@H]1[C@]1(C)O[C@@H]1CC=C(C)C. The Kier molecular flexibility index (Phi) is 10.4. The summed E-state index contributed by atoms with van der Waals surface area (Å²) in [6.45, 7) is 13.1. The summed E-state index contributed by atoms with van der Waals surface area (Å²) in [6, 6.07) is -0.788. The molecule has 10 heteroatoms. The molecule has 10 nitrogen and oxygen atoms in total. The van der Waals surface area contributed by atoms with E-state index in [1.54, 1.807) is 12.0 Å². The van der Waals surface area contributed by atoms with Crippen LogP contribution in [0.4, 0.5) is 0 Å². The predicted octanol–water partition coefficient (Wildman–Crippen LogP) is 3.89. The number of ether oxygens (including phenoxy) is 4. The number of amides is 2. The molecule has 4 aliphatic rings. The van der Waals surface area contributed by atoms with Gasteiger partial charge < -0.3 is 29.2 Å². The van der Waals surface area contributed by atoms with Crippen molar-refractivity contribution < 1.29 is 38.1 Å². The number of nitrogens with zero attached hydrogens (tertiary/aromatic N) is 1. The highest BCUT2D eigenvalue weighted by molar-refractivity contribution is 5.90. The van der Waals surface area contributed by atoms with E-state index in [0.29, 0.717) is 26.0 Å². The van der Waals surface area contributed by atoms with Crippen molar-refractivity contribution in [3.63, 3.8) is 0 Å². The van der Waals surface area contributed by atoms with Gasteiger partial charge in [0, 0.05) is 44.2 Å². The van der Waals surface area contributed by atoms with Gasteiger partial charge in [0.25, 0.3) is 0 Å². The molecule has 1 aliphatic carbocycles. The standard InChI is InChI=1S/C33H52N2O8/c1-21(2)12-14-25-32(6,43-25)29-28(40-7)22(16-17-33(29)20-42-33)34-26(37)11-9-19-41-30(39)23-10-8-18-35(23)27(38)15-13-24(36)31(3,4)5/h12,22-23,25,28-29H,8-11,13-20H2,1-7H3,(H,34,37)/t22-,23?,25-,28-,29-,32-,33+/m1/s1. The maximum absolute atomic E-state index is 12.9. The number of hydrogen-bond acceptors (Lipinski definition) is 8. The Labute approximate surface area is 256 Å². The summed E-state index contributed by atoms with van der Waals surface area (Å²) in [6.07, 6.45) is 6.64. The molecular weight excluding hydrogens is 552 g/mol. The van der Waals surface area contributed by atoms with Crippen LogP contribution in [-0.4, -0.2) is 90.8 Å². The van der Waals surface area contributed by atoms with Crippen LogP contribution in [0.2, 0.25) is 0 Å². The van der Waals surface area contributed by atoms with Gasteiger partial charge in [0.05, 0.1) is 37.1 Å². The van der Waals surface area contributed by atoms with Gasteiger partial charge in [-0.2, -0.15) is 0 Å². The molecular formula is C33H52N2O8. The van der Waals surface area contributed by atoms with Crippen LogP contribution in [0.25, 0.3) is 0 Å². The molecule has 3 heterocycles. The molecule has 0 aromatic heterocycles. The van der Waals surface area contributed by atoms with Crippen molar-refractivity contribution in [2.45, 2.75) is 135 Å². The van der Waals surface area contributed by atoms with Crippen LogP contribution in [0.3, 0.4) is 0 Å².